The van der Waals surface area contributed by atoms with Crippen LogP contribution in [0.25, 0.3) is 11.1 Å². The zero-order valence-electron chi connectivity index (χ0n) is 12.6. The Balaban J connectivity index is 1.74. The molecule has 0 saturated carbocycles. The Labute approximate surface area is 144 Å². The number of allylic oxidation sites excluding steroid dienone is 8. The average molecular weight is 359 g/mol. The molecule has 0 aromatic heterocycles. The number of rotatable bonds is 1. The molecule has 1 heteroatoms. The van der Waals surface area contributed by atoms with Crippen LogP contribution in [-0.2, 0) is 0 Å². The topological polar surface area (TPSA) is 0 Å². The molecular weight excluding hydrogens is 344 g/mol. The highest BCUT2D eigenvalue weighted by molar-refractivity contribution is 9.10. The Kier molecular flexibility index (Phi) is 2.86. The fourth-order valence-electron chi connectivity index (χ4n) is 4.06. The van der Waals surface area contributed by atoms with E-state index in [0.717, 1.165) is 10.9 Å². The first-order valence-corrected chi connectivity index (χ1v) is 8.80. The van der Waals surface area contributed by atoms with Gasteiger partial charge in [-0.15, -0.1) is 0 Å². The Morgan fingerprint density at radius 3 is 2.57 bits per heavy atom. The number of fused-ring (bicyclic) bond motifs is 3. The average Bonchev–Trinajstić information content (AvgIpc) is 2.93. The van der Waals surface area contributed by atoms with Crippen LogP contribution in [0.15, 0.2) is 88.5 Å². The molecule has 0 bridgehead atoms. The van der Waals surface area contributed by atoms with Crippen LogP contribution in [0.1, 0.15) is 29.0 Å². The molecule has 1 atom stereocenters. The van der Waals surface area contributed by atoms with Crippen LogP contribution in [0.2, 0.25) is 0 Å². The molecule has 0 amide bonds. The van der Waals surface area contributed by atoms with E-state index in [-0.39, 0.29) is 0 Å². The van der Waals surface area contributed by atoms with Gasteiger partial charge in [0.1, 0.15) is 0 Å². The molecule has 3 aliphatic carbocycles. The smallest absolute Gasteiger partial charge is 0.0288 e. The third-order valence-corrected chi connectivity index (χ3v) is 5.58. The lowest BCUT2D eigenvalue weighted by molar-refractivity contribution is 1.03. The van der Waals surface area contributed by atoms with Gasteiger partial charge in [-0.05, 0) is 57.5 Å². The van der Waals surface area contributed by atoms with E-state index in [9.17, 15) is 0 Å². The zero-order chi connectivity index (χ0) is 15.4. The molecule has 3 aliphatic rings. The van der Waals surface area contributed by atoms with E-state index in [1.165, 1.54) is 39.0 Å². The number of benzene rings is 2. The first kappa shape index (κ1) is 13.3. The molecule has 5 rings (SSSR count). The number of hydrogen-bond donors (Lipinski definition) is 0. The van der Waals surface area contributed by atoms with Crippen LogP contribution in [0.4, 0.5) is 0 Å². The molecule has 0 radical (unpaired) electrons. The Morgan fingerprint density at radius 1 is 0.870 bits per heavy atom. The molecule has 0 fully saturated rings. The van der Waals surface area contributed by atoms with Gasteiger partial charge in [-0.3, -0.25) is 0 Å². The predicted octanol–water partition coefficient (Wildman–Crippen LogP) is 6.28. The van der Waals surface area contributed by atoms with Gasteiger partial charge in [0.25, 0.3) is 0 Å². The van der Waals surface area contributed by atoms with Crippen molar-refractivity contribution < 1.29 is 0 Å². The summed E-state index contributed by atoms with van der Waals surface area (Å²) < 4.78 is 1.12. The van der Waals surface area contributed by atoms with Gasteiger partial charge in [-0.25, -0.2) is 0 Å². The second kappa shape index (κ2) is 4.94. The van der Waals surface area contributed by atoms with Crippen molar-refractivity contribution in [2.24, 2.45) is 0 Å². The normalized spacial score (nSPS) is 20.8. The molecule has 0 aliphatic heterocycles. The van der Waals surface area contributed by atoms with Crippen LogP contribution in [0.5, 0.6) is 0 Å². The SMILES string of the molecule is Brc1ccc(C2=C3C=CCC4=C3C(C=C2)c2ccccc24)cc1. The first-order valence-electron chi connectivity index (χ1n) is 8.00. The Hall–Kier alpha value is -2.12. The maximum Gasteiger partial charge on any atom is 0.0288 e. The van der Waals surface area contributed by atoms with Crippen LogP contribution in [0.3, 0.4) is 0 Å². The highest BCUT2D eigenvalue weighted by Crippen LogP contribution is 2.53. The highest BCUT2D eigenvalue weighted by Gasteiger charge is 2.34. The number of hydrogen-bond acceptors (Lipinski definition) is 0. The van der Waals surface area contributed by atoms with Gasteiger partial charge in [-0.2, -0.15) is 0 Å². The lowest BCUT2D eigenvalue weighted by Gasteiger charge is -2.24. The minimum Gasteiger partial charge on any atom is -0.0795 e. The molecule has 0 spiro atoms. The van der Waals surface area contributed by atoms with Crippen molar-refractivity contribution in [3.63, 3.8) is 0 Å². The van der Waals surface area contributed by atoms with Crippen molar-refractivity contribution in [2.45, 2.75) is 12.3 Å². The molecular formula is C22H15Br. The van der Waals surface area contributed by atoms with E-state index in [4.69, 9.17) is 0 Å². The van der Waals surface area contributed by atoms with Crippen molar-refractivity contribution in [2.75, 3.05) is 0 Å². The predicted molar refractivity (Wildman–Crippen MR) is 100 cm³/mol. The monoisotopic (exact) mass is 358 g/mol. The minimum atomic E-state index is 0.431. The summed E-state index contributed by atoms with van der Waals surface area (Å²) in [6.45, 7) is 0. The van der Waals surface area contributed by atoms with Crippen LogP contribution >= 0.6 is 15.9 Å². The molecule has 2 aromatic carbocycles. The van der Waals surface area contributed by atoms with Crippen LogP contribution < -0.4 is 0 Å². The van der Waals surface area contributed by atoms with E-state index < -0.39 is 0 Å². The largest absolute Gasteiger partial charge is 0.0795 e. The Bertz CT molecular complexity index is 936. The van der Waals surface area contributed by atoms with Crippen LogP contribution in [-0.4, -0.2) is 0 Å². The Morgan fingerprint density at radius 2 is 1.70 bits per heavy atom. The van der Waals surface area contributed by atoms with Gasteiger partial charge in [-0.1, -0.05) is 76.6 Å². The van der Waals surface area contributed by atoms with Gasteiger partial charge < -0.3 is 0 Å². The number of halogens is 1. The van der Waals surface area contributed by atoms with Gasteiger partial charge in [0, 0.05) is 10.4 Å². The third-order valence-electron chi connectivity index (χ3n) is 5.05. The summed E-state index contributed by atoms with van der Waals surface area (Å²) in [6, 6.07) is 17.5. The molecule has 0 nitrogen and oxygen atoms in total. The third kappa shape index (κ3) is 1.90. The quantitative estimate of drug-likeness (QED) is 0.562. The summed E-state index contributed by atoms with van der Waals surface area (Å²) in [7, 11) is 0. The van der Waals surface area contributed by atoms with Crippen molar-refractivity contribution >= 4 is 27.1 Å². The van der Waals surface area contributed by atoms with Gasteiger partial charge in [0.15, 0.2) is 0 Å². The molecule has 0 saturated heterocycles. The van der Waals surface area contributed by atoms with E-state index in [0.29, 0.717) is 5.92 Å². The van der Waals surface area contributed by atoms with E-state index in [2.05, 4.69) is 88.8 Å². The first-order chi connectivity index (χ1) is 11.3. The minimum absolute atomic E-state index is 0.431. The summed E-state index contributed by atoms with van der Waals surface area (Å²) in [4.78, 5) is 0. The van der Waals surface area contributed by atoms with E-state index in [1.54, 1.807) is 0 Å². The lowest BCUT2D eigenvalue weighted by atomic mass is 9.79. The molecule has 110 valence electrons. The zero-order valence-corrected chi connectivity index (χ0v) is 14.2. The summed E-state index contributed by atoms with van der Waals surface area (Å²) in [5, 5.41) is 0. The van der Waals surface area contributed by atoms with Gasteiger partial charge >= 0.3 is 0 Å². The fourth-order valence-corrected chi connectivity index (χ4v) is 4.33. The second-order valence-electron chi connectivity index (χ2n) is 6.26. The van der Waals surface area contributed by atoms with E-state index >= 15 is 0 Å². The van der Waals surface area contributed by atoms with Crippen molar-refractivity contribution in [3.8, 4) is 0 Å². The van der Waals surface area contributed by atoms with Crippen LogP contribution in [0, 0.1) is 0 Å². The van der Waals surface area contributed by atoms with Gasteiger partial charge in [0.2, 0.25) is 0 Å². The maximum atomic E-state index is 3.53. The summed E-state index contributed by atoms with van der Waals surface area (Å²) in [5.41, 5.74) is 9.96. The fraction of sp³-hybridized carbons (Fsp3) is 0.0909. The molecule has 0 N–H and O–H groups in total. The van der Waals surface area contributed by atoms with Gasteiger partial charge in [0.05, 0.1) is 0 Å². The summed E-state index contributed by atoms with van der Waals surface area (Å²) >= 11 is 3.53. The van der Waals surface area contributed by atoms with Crippen molar-refractivity contribution in [1.29, 1.82) is 0 Å². The molecule has 23 heavy (non-hydrogen) atoms. The maximum absolute atomic E-state index is 3.53. The summed E-state index contributed by atoms with van der Waals surface area (Å²) in [6.07, 6.45) is 10.4. The molecule has 2 aromatic rings. The van der Waals surface area contributed by atoms with Crippen molar-refractivity contribution in [3.05, 3.63) is 105 Å². The second-order valence-corrected chi connectivity index (χ2v) is 7.17. The highest BCUT2D eigenvalue weighted by atomic mass is 79.9. The van der Waals surface area contributed by atoms with E-state index in [1.807, 2.05) is 0 Å². The lowest BCUT2D eigenvalue weighted by Crippen LogP contribution is -2.06. The molecule has 0 heterocycles. The van der Waals surface area contributed by atoms with Crippen molar-refractivity contribution in [1.82, 2.24) is 0 Å². The standard InChI is InChI=1S/C22H15Br/c23-15-10-8-14(9-11-15)16-12-13-21-18-5-2-1-4-17(18)20-7-3-6-19(16)22(20)21/h1-6,8-13,21H,7H2. The molecule has 1 unspecified atom stereocenters. The summed E-state index contributed by atoms with van der Waals surface area (Å²) in [5.74, 6) is 0.431.